The third kappa shape index (κ3) is 3.98. The summed E-state index contributed by atoms with van der Waals surface area (Å²) < 4.78 is 31.4. The molecule has 0 unspecified atom stereocenters. The van der Waals surface area contributed by atoms with Crippen molar-refractivity contribution in [3.05, 3.63) is 87.5 Å². The Hall–Kier alpha value is -3.98. The molecule has 0 saturated carbocycles. The molecule has 2 aromatic carbocycles. The number of esters is 1. The Bertz CT molecular complexity index is 1470. The molecule has 6 rings (SSSR count). The lowest BCUT2D eigenvalue weighted by molar-refractivity contribution is -0.152. The van der Waals surface area contributed by atoms with Crippen LogP contribution in [-0.4, -0.2) is 31.1 Å². The number of rotatable bonds is 5. The molecule has 3 aromatic rings. The number of fused-ring (bicyclic) bond motifs is 1. The molecule has 1 aromatic heterocycles. The fourth-order valence-corrected chi connectivity index (χ4v) is 6.49. The Balaban J connectivity index is 1.55. The molecule has 194 valence electrons. The average molecular weight is 534 g/mol. The zero-order valence-corrected chi connectivity index (χ0v) is 21.3. The Morgan fingerprint density at radius 1 is 1.08 bits per heavy atom. The zero-order chi connectivity index (χ0) is 26.4. The van der Waals surface area contributed by atoms with Crippen molar-refractivity contribution in [3.8, 4) is 11.5 Å². The predicted molar refractivity (Wildman–Crippen MR) is 138 cm³/mol. The van der Waals surface area contributed by atoms with Crippen molar-refractivity contribution in [2.24, 2.45) is 5.92 Å². The van der Waals surface area contributed by atoms with Crippen molar-refractivity contribution < 1.29 is 33.0 Å². The van der Waals surface area contributed by atoms with Crippen LogP contribution in [0.15, 0.2) is 71.2 Å². The molecule has 2 aliphatic heterocycles. The molecule has 0 saturated heterocycles. The summed E-state index contributed by atoms with van der Waals surface area (Å²) in [5.74, 6) is -3.04. The number of carbonyl (C=O) groups is 3. The van der Waals surface area contributed by atoms with Gasteiger partial charge in [0, 0.05) is 34.4 Å². The van der Waals surface area contributed by atoms with Crippen molar-refractivity contribution in [1.82, 2.24) is 0 Å². The van der Waals surface area contributed by atoms with Crippen LogP contribution >= 0.6 is 11.3 Å². The fraction of sp³-hybridized carbons (Fsp3) is 0.276. The van der Waals surface area contributed by atoms with E-state index in [0.717, 1.165) is 4.88 Å². The summed E-state index contributed by atoms with van der Waals surface area (Å²) in [7, 11) is 0. The lowest BCUT2D eigenvalue weighted by Crippen LogP contribution is -2.46. The summed E-state index contributed by atoms with van der Waals surface area (Å²) in [4.78, 5) is 43.4. The van der Waals surface area contributed by atoms with Gasteiger partial charge in [0.05, 0.1) is 12.3 Å². The second-order valence-electron chi connectivity index (χ2n) is 9.33. The summed E-state index contributed by atoms with van der Waals surface area (Å²) in [5.41, 5.74) is 1.52. The quantitative estimate of drug-likeness (QED) is 0.326. The summed E-state index contributed by atoms with van der Waals surface area (Å²) >= 11 is 1.43. The Labute approximate surface area is 222 Å². The highest BCUT2D eigenvalue weighted by Crippen LogP contribution is 2.51. The molecule has 0 N–H and O–H groups in total. The maximum atomic E-state index is 15.0. The molecule has 0 bridgehead atoms. The van der Waals surface area contributed by atoms with Gasteiger partial charge in [0.25, 0.3) is 0 Å². The van der Waals surface area contributed by atoms with Crippen molar-refractivity contribution in [2.45, 2.75) is 31.6 Å². The first kappa shape index (κ1) is 24.4. The number of benzene rings is 2. The minimum Gasteiger partial charge on any atom is -0.465 e. The van der Waals surface area contributed by atoms with E-state index in [4.69, 9.17) is 14.2 Å². The van der Waals surface area contributed by atoms with Crippen LogP contribution in [0.3, 0.4) is 0 Å². The molecular weight excluding hydrogens is 509 g/mol. The Morgan fingerprint density at radius 3 is 2.66 bits per heavy atom. The average Bonchev–Trinajstić information content (AvgIpc) is 3.61. The van der Waals surface area contributed by atoms with Crippen LogP contribution in [-0.2, 0) is 19.1 Å². The summed E-state index contributed by atoms with van der Waals surface area (Å²) in [6, 6.07) is 15.1. The van der Waals surface area contributed by atoms with E-state index in [2.05, 4.69) is 0 Å². The highest BCUT2D eigenvalue weighted by Gasteiger charge is 2.50. The van der Waals surface area contributed by atoms with E-state index in [1.807, 2.05) is 17.5 Å². The first-order chi connectivity index (χ1) is 18.5. The standard InChI is InChI=1S/C29H24FNO6S/c1-2-35-29(34)27-18(24-8-5-11-38-24)13-21-26(28(27)33)17(16-9-10-22-23(12-16)37-15-36-22)14-25(32)31(21)20-7-4-3-6-19(20)30/h3-12,17-18,27H,2,13-15H2,1H3/t17-,18+,27-/m0/s1. The molecule has 1 amide bonds. The molecule has 0 fully saturated rings. The van der Waals surface area contributed by atoms with E-state index in [1.165, 1.54) is 28.4 Å². The van der Waals surface area contributed by atoms with Gasteiger partial charge in [0.2, 0.25) is 12.7 Å². The SMILES string of the molecule is CCOC(=O)[C@@H]1C(=O)C2=C(C[C@@H]1c1cccs1)N(c1ccccc1F)C(=O)C[C@H]2c1ccc2c(c1)OCO2. The molecule has 9 heteroatoms. The van der Waals surface area contributed by atoms with E-state index >= 15 is 4.39 Å². The van der Waals surface area contributed by atoms with Gasteiger partial charge in [-0.3, -0.25) is 19.3 Å². The number of ketones is 1. The molecule has 7 nitrogen and oxygen atoms in total. The number of hydrogen-bond acceptors (Lipinski definition) is 7. The van der Waals surface area contributed by atoms with Gasteiger partial charge in [-0.15, -0.1) is 11.3 Å². The zero-order valence-electron chi connectivity index (χ0n) is 20.5. The number of para-hydroxylation sites is 1. The lowest BCUT2D eigenvalue weighted by Gasteiger charge is -2.42. The summed E-state index contributed by atoms with van der Waals surface area (Å²) in [6.07, 6.45) is 0.129. The van der Waals surface area contributed by atoms with Gasteiger partial charge in [-0.25, -0.2) is 4.39 Å². The largest absolute Gasteiger partial charge is 0.465 e. The number of amides is 1. The van der Waals surface area contributed by atoms with Gasteiger partial charge in [-0.05, 0) is 54.6 Å². The monoisotopic (exact) mass is 533 g/mol. The lowest BCUT2D eigenvalue weighted by atomic mass is 9.69. The van der Waals surface area contributed by atoms with Gasteiger partial charge in [-0.2, -0.15) is 0 Å². The van der Waals surface area contributed by atoms with Crippen LogP contribution in [0.4, 0.5) is 10.1 Å². The molecule has 3 atom stereocenters. The van der Waals surface area contributed by atoms with Crippen LogP contribution < -0.4 is 14.4 Å². The van der Waals surface area contributed by atoms with Crippen LogP contribution in [0.2, 0.25) is 0 Å². The third-order valence-electron chi connectivity index (χ3n) is 7.26. The molecule has 38 heavy (non-hydrogen) atoms. The van der Waals surface area contributed by atoms with Gasteiger partial charge in [-0.1, -0.05) is 24.3 Å². The second-order valence-corrected chi connectivity index (χ2v) is 10.3. The van der Waals surface area contributed by atoms with Gasteiger partial charge >= 0.3 is 5.97 Å². The van der Waals surface area contributed by atoms with E-state index in [-0.39, 0.29) is 37.8 Å². The van der Waals surface area contributed by atoms with Crippen LogP contribution in [0.25, 0.3) is 0 Å². The smallest absolute Gasteiger partial charge is 0.317 e. The minimum atomic E-state index is -1.07. The molecule has 3 heterocycles. The molecular formula is C29H24FNO6S. The van der Waals surface area contributed by atoms with Crippen molar-refractivity contribution in [3.63, 3.8) is 0 Å². The van der Waals surface area contributed by atoms with E-state index in [1.54, 1.807) is 37.3 Å². The summed E-state index contributed by atoms with van der Waals surface area (Å²) in [5, 5.41) is 1.88. The number of anilines is 1. The first-order valence-corrected chi connectivity index (χ1v) is 13.3. The van der Waals surface area contributed by atoms with Gasteiger partial charge in [0.1, 0.15) is 11.7 Å². The number of halogens is 1. The van der Waals surface area contributed by atoms with Crippen molar-refractivity contribution in [2.75, 3.05) is 18.3 Å². The summed E-state index contributed by atoms with van der Waals surface area (Å²) in [6.45, 7) is 1.92. The number of thiophene rings is 1. The van der Waals surface area contributed by atoms with E-state index in [9.17, 15) is 14.4 Å². The first-order valence-electron chi connectivity index (χ1n) is 12.4. The van der Waals surface area contributed by atoms with Crippen molar-refractivity contribution >= 4 is 34.7 Å². The minimum absolute atomic E-state index is 0.0717. The van der Waals surface area contributed by atoms with Crippen molar-refractivity contribution in [1.29, 1.82) is 0 Å². The third-order valence-corrected chi connectivity index (χ3v) is 8.27. The van der Waals surface area contributed by atoms with Crippen LogP contribution in [0, 0.1) is 11.7 Å². The topological polar surface area (TPSA) is 82.1 Å². The number of Topliss-reactive ketones (excluding diaryl/α,β-unsaturated/α-hetero) is 1. The van der Waals surface area contributed by atoms with E-state index in [0.29, 0.717) is 28.3 Å². The molecule has 0 spiro atoms. The highest BCUT2D eigenvalue weighted by molar-refractivity contribution is 7.10. The number of nitrogens with zero attached hydrogens (tertiary/aromatic N) is 1. The molecule has 0 radical (unpaired) electrons. The predicted octanol–water partition coefficient (Wildman–Crippen LogP) is 5.33. The van der Waals surface area contributed by atoms with Gasteiger partial charge < -0.3 is 14.2 Å². The normalized spacial score (nSPS) is 22.5. The number of carbonyl (C=O) groups excluding carboxylic acids is 3. The second kappa shape index (κ2) is 9.72. The Kier molecular flexibility index (Phi) is 6.23. The molecule has 1 aliphatic carbocycles. The maximum Gasteiger partial charge on any atom is 0.317 e. The Morgan fingerprint density at radius 2 is 1.89 bits per heavy atom. The number of ether oxygens (including phenoxy) is 3. The maximum absolute atomic E-state index is 15.0. The highest BCUT2D eigenvalue weighted by atomic mass is 32.1. The van der Waals surface area contributed by atoms with Crippen LogP contribution in [0.5, 0.6) is 11.5 Å². The van der Waals surface area contributed by atoms with E-state index < -0.39 is 35.3 Å². The van der Waals surface area contributed by atoms with Gasteiger partial charge in [0.15, 0.2) is 17.3 Å². The number of allylic oxidation sites excluding steroid dienone is 2. The fourth-order valence-electron chi connectivity index (χ4n) is 5.63. The molecule has 3 aliphatic rings. The van der Waals surface area contributed by atoms with Crippen LogP contribution in [0.1, 0.15) is 42.0 Å². The number of hydrogen-bond donors (Lipinski definition) is 0.